The van der Waals surface area contributed by atoms with Gasteiger partial charge in [0.25, 0.3) is 0 Å². The molecule has 0 fully saturated rings. The maximum atomic E-state index is 4.60. The second-order valence-electron chi connectivity index (χ2n) is 6.52. The van der Waals surface area contributed by atoms with Crippen LogP contribution in [-0.4, -0.2) is 31.5 Å². The number of aromatic nitrogens is 5. The average molecular weight is 383 g/mol. The molecule has 0 bridgehead atoms. The topological polar surface area (TPSA) is 88.5 Å². The number of hydrogen-bond donors (Lipinski definition) is 2. The fourth-order valence-electron chi connectivity index (χ4n) is 2.79. The van der Waals surface area contributed by atoms with E-state index in [-0.39, 0.29) is 0 Å². The molecule has 3 aromatic heterocycles. The monoisotopic (exact) mass is 383 g/mol. The molecule has 0 unspecified atom stereocenters. The molecule has 0 radical (unpaired) electrons. The molecule has 0 saturated heterocycles. The molecular formula is C22H21N7. The lowest BCUT2D eigenvalue weighted by Crippen LogP contribution is -2.10. The van der Waals surface area contributed by atoms with Gasteiger partial charge >= 0.3 is 0 Å². The Balaban J connectivity index is 1.45. The predicted molar refractivity (Wildman–Crippen MR) is 114 cm³/mol. The highest BCUT2D eigenvalue weighted by Gasteiger charge is 2.07. The first-order chi connectivity index (χ1) is 14.3. The Hall–Kier alpha value is -3.87. The SMILES string of the molecule is Cc1cnc(NCCc2cccnc2)nc1Nc1ccnc(-c2ccccc2)n1. The van der Waals surface area contributed by atoms with Crippen molar-refractivity contribution in [2.24, 2.45) is 0 Å². The molecule has 7 nitrogen and oxygen atoms in total. The van der Waals surface area contributed by atoms with E-state index in [0.29, 0.717) is 23.4 Å². The Morgan fingerprint density at radius 1 is 0.862 bits per heavy atom. The van der Waals surface area contributed by atoms with Crippen molar-refractivity contribution in [3.63, 3.8) is 0 Å². The molecule has 4 aromatic rings. The van der Waals surface area contributed by atoms with Gasteiger partial charge in [-0.3, -0.25) is 4.98 Å². The normalized spacial score (nSPS) is 10.5. The Bertz CT molecular complexity index is 1070. The maximum absolute atomic E-state index is 4.60. The Morgan fingerprint density at radius 2 is 1.76 bits per heavy atom. The van der Waals surface area contributed by atoms with Crippen LogP contribution in [-0.2, 0) is 6.42 Å². The summed E-state index contributed by atoms with van der Waals surface area (Å²) >= 11 is 0. The number of pyridine rings is 1. The van der Waals surface area contributed by atoms with E-state index in [9.17, 15) is 0 Å². The summed E-state index contributed by atoms with van der Waals surface area (Å²) in [4.78, 5) is 22.0. The highest BCUT2D eigenvalue weighted by molar-refractivity contribution is 5.61. The van der Waals surface area contributed by atoms with Gasteiger partial charge in [-0.1, -0.05) is 36.4 Å². The third kappa shape index (κ3) is 4.90. The molecule has 1 aromatic carbocycles. The lowest BCUT2D eigenvalue weighted by Gasteiger charge is -2.11. The van der Waals surface area contributed by atoms with Gasteiger partial charge in [0.15, 0.2) is 5.82 Å². The molecule has 0 aliphatic heterocycles. The summed E-state index contributed by atoms with van der Waals surface area (Å²) in [6, 6.07) is 15.7. The van der Waals surface area contributed by atoms with Crippen LogP contribution in [0.1, 0.15) is 11.1 Å². The van der Waals surface area contributed by atoms with E-state index in [1.54, 1.807) is 18.6 Å². The van der Waals surface area contributed by atoms with Crippen LogP contribution in [0.25, 0.3) is 11.4 Å². The lowest BCUT2D eigenvalue weighted by atomic mass is 10.2. The molecule has 7 heteroatoms. The van der Waals surface area contributed by atoms with Crippen LogP contribution >= 0.6 is 0 Å². The van der Waals surface area contributed by atoms with Crippen molar-refractivity contribution in [2.75, 3.05) is 17.2 Å². The second-order valence-corrected chi connectivity index (χ2v) is 6.52. The minimum Gasteiger partial charge on any atom is -0.354 e. The van der Waals surface area contributed by atoms with Crippen LogP contribution in [0.2, 0.25) is 0 Å². The fraction of sp³-hybridized carbons (Fsp3) is 0.136. The zero-order valence-electron chi connectivity index (χ0n) is 16.1. The van der Waals surface area contributed by atoms with Gasteiger partial charge in [-0.15, -0.1) is 0 Å². The second kappa shape index (κ2) is 8.88. The third-order valence-corrected chi connectivity index (χ3v) is 4.33. The number of aryl methyl sites for hydroxylation is 1. The van der Waals surface area contributed by atoms with Gasteiger partial charge in [0.2, 0.25) is 5.95 Å². The zero-order chi connectivity index (χ0) is 19.9. The van der Waals surface area contributed by atoms with Crippen LogP contribution in [0.3, 0.4) is 0 Å². The molecule has 0 aliphatic rings. The molecule has 144 valence electrons. The molecule has 0 saturated carbocycles. The van der Waals surface area contributed by atoms with Crippen molar-refractivity contribution in [3.8, 4) is 11.4 Å². The Labute approximate surface area is 169 Å². The van der Waals surface area contributed by atoms with Crippen LogP contribution in [0.15, 0.2) is 73.3 Å². The lowest BCUT2D eigenvalue weighted by molar-refractivity contribution is 0.971. The Kier molecular flexibility index (Phi) is 5.66. The molecule has 0 aliphatic carbocycles. The van der Waals surface area contributed by atoms with Crippen molar-refractivity contribution in [1.29, 1.82) is 0 Å². The van der Waals surface area contributed by atoms with Gasteiger partial charge in [0.05, 0.1) is 0 Å². The first-order valence-corrected chi connectivity index (χ1v) is 9.40. The predicted octanol–water partition coefficient (Wildman–Crippen LogP) is 4.04. The molecule has 0 atom stereocenters. The van der Waals surface area contributed by atoms with Crippen molar-refractivity contribution in [1.82, 2.24) is 24.9 Å². The van der Waals surface area contributed by atoms with Crippen molar-refractivity contribution < 1.29 is 0 Å². The number of hydrogen-bond acceptors (Lipinski definition) is 7. The van der Waals surface area contributed by atoms with Gasteiger partial charge in [-0.2, -0.15) is 4.98 Å². The molecule has 3 heterocycles. The highest BCUT2D eigenvalue weighted by atomic mass is 15.2. The van der Waals surface area contributed by atoms with Gasteiger partial charge in [0, 0.05) is 42.5 Å². The Morgan fingerprint density at radius 3 is 2.59 bits per heavy atom. The summed E-state index contributed by atoms with van der Waals surface area (Å²) in [5.41, 5.74) is 3.07. The number of nitrogens with zero attached hydrogens (tertiary/aromatic N) is 5. The molecule has 0 spiro atoms. The number of rotatable bonds is 7. The van der Waals surface area contributed by atoms with Crippen molar-refractivity contribution in [2.45, 2.75) is 13.3 Å². The van der Waals surface area contributed by atoms with E-state index in [4.69, 9.17) is 0 Å². The minimum atomic E-state index is 0.569. The van der Waals surface area contributed by atoms with E-state index in [2.05, 4.69) is 41.6 Å². The van der Waals surface area contributed by atoms with E-state index < -0.39 is 0 Å². The molecule has 0 amide bonds. The summed E-state index contributed by atoms with van der Waals surface area (Å²) in [7, 11) is 0. The summed E-state index contributed by atoms with van der Waals surface area (Å²) < 4.78 is 0. The van der Waals surface area contributed by atoms with Crippen LogP contribution in [0.5, 0.6) is 0 Å². The van der Waals surface area contributed by atoms with E-state index >= 15 is 0 Å². The first kappa shape index (κ1) is 18.5. The molecular weight excluding hydrogens is 362 g/mol. The molecule has 2 N–H and O–H groups in total. The summed E-state index contributed by atoms with van der Waals surface area (Å²) in [6.45, 7) is 2.68. The molecule has 4 rings (SSSR count). The van der Waals surface area contributed by atoms with Gasteiger partial charge in [-0.25, -0.2) is 15.0 Å². The molecule has 29 heavy (non-hydrogen) atoms. The summed E-state index contributed by atoms with van der Waals surface area (Å²) in [6.07, 6.45) is 8.01. The minimum absolute atomic E-state index is 0.569. The summed E-state index contributed by atoms with van der Waals surface area (Å²) in [5, 5.41) is 6.54. The van der Waals surface area contributed by atoms with Gasteiger partial charge in [0.1, 0.15) is 11.6 Å². The standard InChI is InChI=1S/C22H21N7/c1-16-14-26-22(25-12-9-17-6-5-11-23-15-17)29-20(16)27-19-10-13-24-21(28-19)18-7-3-2-4-8-18/h2-8,10-11,13-15H,9,12H2,1H3,(H2,24,25,26,27,28,29). The van der Waals surface area contributed by atoms with Crippen LogP contribution < -0.4 is 10.6 Å². The maximum Gasteiger partial charge on any atom is 0.224 e. The van der Waals surface area contributed by atoms with Crippen molar-refractivity contribution in [3.05, 3.63) is 84.4 Å². The van der Waals surface area contributed by atoms with Crippen LogP contribution in [0.4, 0.5) is 17.6 Å². The first-order valence-electron chi connectivity index (χ1n) is 9.40. The number of nitrogens with one attached hydrogen (secondary N) is 2. The van der Waals surface area contributed by atoms with E-state index in [0.717, 1.165) is 24.1 Å². The van der Waals surface area contributed by atoms with Crippen molar-refractivity contribution >= 4 is 17.6 Å². The average Bonchev–Trinajstić information content (AvgIpc) is 2.77. The zero-order valence-corrected chi connectivity index (χ0v) is 16.1. The van der Waals surface area contributed by atoms with E-state index in [1.165, 1.54) is 5.56 Å². The largest absolute Gasteiger partial charge is 0.354 e. The number of benzene rings is 1. The van der Waals surface area contributed by atoms with E-state index in [1.807, 2.05) is 55.6 Å². The van der Waals surface area contributed by atoms with Gasteiger partial charge < -0.3 is 10.6 Å². The fourth-order valence-corrected chi connectivity index (χ4v) is 2.79. The van der Waals surface area contributed by atoms with Gasteiger partial charge in [-0.05, 0) is 31.0 Å². The van der Waals surface area contributed by atoms with Crippen LogP contribution in [0, 0.1) is 6.92 Å². The quantitative estimate of drug-likeness (QED) is 0.498. The highest BCUT2D eigenvalue weighted by Crippen LogP contribution is 2.20. The number of anilines is 3. The third-order valence-electron chi connectivity index (χ3n) is 4.33. The smallest absolute Gasteiger partial charge is 0.224 e. The summed E-state index contributed by atoms with van der Waals surface area (Å²) in [5.74, 6) is 2.63.